The molecule has 0 spiro atoms. The van der Waals surface area contributed by atoms with Gasteiger partial charge in [-0.05, 0) is 110 Å². The second-order valence-corrected chi connectivity index (χ2v) is 19.4. The fraction of sp³-hybridized carbons (Fsp3) is 0.0588. The summed E-state index contributed by atoms with van der Waals surface area (Å²) < 4.78 is 4.62. The molecule has 0 amide bonds. The lowest BCUT2D eigenvalue weighted by Gasteiger charge is -2.19. The van der Waals surface area contributed by atoms with Crippen LogP contribution in [0.3, 0.4) is 0 Å². The van der Waals surface area contributed by atoms with E-state index >= 15 is 0 Å². The summed E-state index contributed by atoms with van der Waals surface area (Å²) in [5, 5.41) is 16.1. The van der Waals surface area contributed by atoms with Gasteiger partial charge in [0.2, 0.25) is 0 Å². The molecular formula is C68H48N6. The van der Waals surface area contributed by atoms with Crippen LogP contribution in [0.5, 0.6) is 0 Å². The summed E-state index contributed by atoms with van der Waals surface area (Å²) in [6.45, 7) is 8.64. The van der Waals surface area contributed by atoms with Gasteiger partial charge in [0.25, 0.3) is 0 Å². The highest BCUT2D eigenvalue weighted by atomic mass is 15.0. The number of para-hydroxylation sites is 2. The zero-order chi connectivity index (χ0) is 50.0. The second-order valence-electron chi connectivity index (χ2n) is 19.4. The predicted molar refractivity (Wildman–Crippen MR) is 305 cm³/mol. The predicted octanol–water partition coefficient (Wildman–Crippen LogP) is 17.2. The van der Waals surface area contributed by atoms with E-state index in [1.54, 1.807) is 0 Å². The maximum Gasteiger partial charge on any atom is 0.164 e. The van der Waals surface area contributed by atoms with Gasteiger partial charge in [0.15, 0.2) is 17.5 Å². The van der Waals surface area contributed by atoms with Gasteiger partial charge in [-0.25, -0.2) is 15.0 Å². The van der Waals surface area contributed by atoms with Crippen molar-refractivity contribution in [2.24, 2.45) is 0 Å². The minimum Gasteiger partial charge on any atom is -0.309 e. The molecule has 0 radical (unpaired) electrons. The molecule has 0 aliphatic carbocycles. The standard InChI is InChI=1S/C68H48N6/c1-42-26-31-51(44(3)36-42)48-29-34-63-57(38-48)54-20-11-13-23-60(54)73(63)62-25-15-22-53(59(62)41-69)56-33-28-50(68-71-66(46-16-7-5-8-17-46)70-67(72-68)47-18-9-6-10-19-47)40-65(56)74-61-24-14-12-21-55(61)58-39-49(30-35-64(58)74)52-32-27-43(2)37-45(52)4/h5-40H,1-4H3. The largest absolute Gasteiger partial charge is 0.309 e. The van der Waals surface area contributed by atoms with Crippen LogP contribution in [-0.2, 0) is 0 Å². The van der Waals surface area contributed by atoms with Gasteiger partial charge in [-0.15, -0.1) is 0 Å². The van der Waals surface area contributed by atoms with Crippen molar-refractivity contribution in [2.75, 3.05) is 0 Å². The quantitative estimate of drug-likeness (QED) is 0.152. The normalized spacial score (nSPS) is 11.5. The lowest BCUT2D eigenvalue weighted by Crippen LogP contribution is -2.04. The van der Waals surface area contributed by atoms with Gasteiger partial charge in [-0.3, -0.25) is 0 Å². The van der Waals surface area contributed by atoms with Crippen LogP contribution in [-0.4, -0.2) is 24.1 Å². The summed E-state index contributed by atoms with van der Waals surface area (Å²) in [6.07, 6.45) is 0. The molecule has 0 N–H and O–H groups in total. The Kier molecular flexibility index (Phi) is 10.7. The summed E-state index contributed by atoms with van der Waals surface area (Å²) in [6, 6.07) is 79.6. The monoisotopic (exact) mass is 948 g/mol. The Morgan fingerprint density at radius 3 is 1.28 bits per heavy atom. The number of benzene rings is 10. The van der Waals surface area contributed by atoms with Crippen molar-refractivity contribution < 1.29 is 0 Å². The Morgan fingerprint density at radius 1 is 0.324 bits per heavy atom. The smallest absolute Gasteiger partial charge is 0.164 e. The number of hydrogen-bond donors (Lipinski definition) is 0. The van der Waals surface area contributed by atoms with Crippen molar-refractivity contribution in [3.63, 3.8) is 0 Å². The molecule has 13 aromatic rings. The summed E-state index contributed by atoms with van der Waals surface area (Å²) in [4.78, 5) is 15.4. The highest BCUT2D eigenvalue weighted by molar-refractivity contribution is 6.12. The molecule has 13 rings (SSSR count). The van der Waals surface area contributed by atoms with Crippen molar-refractivity contribution in [1.29, 1.82) is 5.26 Å². The lowest BCUT2D eigenvalue weighted by atomic mass is 9.95. The molecule has 0 unspecified atom stereocenters. The number of rotatable bonds is 8. The molecule has 6 nitrogen and oxygen atoms in total. The van der Waals surface area contributed by atoms with Crippen LogP contribution in [0.4, 0.5) is 0 Å². The first-order valence-corrected chi connectivity index (χ1v) is 25.1. The summed E-state index contributed by atoms with van der Waals surface area (Å²) >= 11 is 0. The van der Waals surface area contributed by atoms with Gasteiger partial charge in [0, 0.05) is 49.4 Å². The Labute approximate surface area is 429 Å². The summed E-state index contributed by atoms with van der Waals surface area (Å²) in [5.74, 6) is 1.72. The summed E-state index contributed by atoms with van der Waals surface area (Å²) in [5.41, 5.74) is 20.4. The molecule has 0 aliphatic heterocycles. The first kappa shape index (κ1) is 44.3. The van der Waals surface area contributed by atoms with E-state index in [1.807, 2.05) is 60.7 Å². The molecule has 3 aromatic heterocycles. The minimum atomic E-state index is 0.545. The molecule has 0 bridgehead atoms. The molecule has 10 aromatic carbocycles. The Hall–Kier alpha value is -9.70. The highest BCUT2D eigenvalue weighted by Gasteiger charge is 2.24. The van der Waals surface area contributed by atoms with Crippen LogP contribution in [0, 0.1) is 39.0 Å². The van der Waals surface area contributed by atoms with E-state index < -0.39 is 0 Å². The van der Waals surface area contributed by atoms with Crippen LogP contribution in [0.25, 0.3) is 123 Å². The van der Waals surface area contributed by atoms with Crippen molar-refractivity contribution in [3.05, 3.63) is 246 Å². The van der Waals surface area contributed by atoms with Crippen LogP contribution >= 0.6 is 0 Å². The molecule has 74 heavy (non-hydrogen) atoms. The molecule has 0 fully saturated rings. The Bertz CT molecular complexity index is 4360. The average Bonchev–Trinajstić information content (AvgIpc) is 3.95. The molecule has 0 atom stereocenters. The number of fused-ring (bicyclic) bond motifs is 6. The third-order valence-corrected chi connectivity index (χ3v) is 14.6. The van der Waals surface area contributed by atoms with Crippen LogP contribution in [0.2, 0.25) is 0 Å². The third kappa shape index (κ3) is 7.45. The van der Waals surface area contributed by atoms with Crippen molar-refractivity contribution in [3.8, 4) is 85.0 Å². The fourth-order valence-corrected chi connectivity index (χ4v) is 11.2. The highest BCUT2D eigenvalue weighted by Crippen LogP contribution is 2.43. The lowest BCUT2D eigenvalue weighted by molar-refractivity contribution is 1.07. The zero-order valence-electron chi connectivity index (χ0n) is 41.5. The van der Waals surface area contributed by atoms with Gasteiger partial charge in [-0.1, -0.05) is 181 Å². The Morgan fingerprint density at radius 2 is 0.770 bits per heavy atom. The topological polar surface area (TPSA) is 72.3 Å². The number of hydrogen-bond acceptors (Lipinski definition) is 4. The molecular weight excluding hydrogens is 901 g/mol. The maximum absolute atomic E-state index is 11.6. The van der Waals surface area contributed by atoms with E-state index in [0.29, 0.717) is 23.0 Å². The van der Waals surface area contributed by atoms with Crippen molar-refractivity contribution in [2.45, 2.75) is 27.7 Å². The van der Waals surface area contributed by atoms with Gasteiger partial charge in [-0.2, -0.15) is 5.26 Å². The molecule has 0 saturated carbocycles. The van der Waals surface area contributed by atoms with E-state index in [4.69, 9.17) is 15.0 Å². The van der Waals surface area contributed by atoms with Crippen LogP contribution in [0.15, 0.2) is 218 Å². The van der Waals surface area contributed by atoms with Crippen LogP contribution < -0.4 is 0 Å². The summed E-state index contributed by atoms with van der Waals surface area (Å²) in [7, 11) is 0. The molecule has 0 aliphatic rings. The van der Waals surface area contributed by atoms with E-state index in [-0.39, 0.29) is 0 Å². The van der Waals surface area contributed by atoms with Gasteiger partial charge >= 0.3 is 0 Å². The number of nitriles is 1. The first-order valence-electron chi connectivity index (χ1n) is 25.1. The minimum absolute atomic E-state index is 0.545. The van der Waals surface area contributed by atoms with E-state index in [1.165, 1.54) is 33.4 Å². The Balaban J connectivity index is 1.07. The van der Waals surface area contributed by atoms with Crippen LogP contribution in [0.1, 0.15) is 27.8 Å². The molecule has 350 valence electrons. The molecule has 0 saturated heterocycles. The van der Waals surface area contributed by atoms with E-state index in [9.17, 15) is 5.26 Å². The number of aryl methyl sites for hydroxylation is 4. The van der Waals surface area contributed by atoms with E-state index in [2.05, 4.69) is 201 Å². The maximum atomic E-state index is 11.6. The van der Waals surface area contributed by atoms with Gasteiger partial charge < -0.3 is 9.13 Å². The van der Waals surface area contributed by atoms with E-state index in [0.717, 1.165) is 93.9 Å². The number of aromatic nitrogens is 5. The second kappa shape index (κ2) is 17.9. The van der Waals surface area contributed by atoms with Crippen molar-refractivity contribution >= 4 is 43.6 Å². The fourth-order valence-electron chi connectivity index (χ4n) is 11.2. The zero-order valence-corrected chi connectivity index (χ0v) is 41.5. The average molecular weight is 949 g/mol. The molecule has 6 heteroatoms. The SMILES string of the molecule is Cc1ccc(-c2ccc3c(c2)c2ccccc2n3-c2cc(-c3nc(-c4ccccc4)nc(-c4ccccc4)n3)ccc2-c2cccc(-n3c4ccccc4c4cc(-c5ccc(C)cc5C)ccc43)c2C#N)c(C)c1. The van der Waals surface area contributed by atoms with Gasteiger partial charge in [0.1, 0.15) is 6.07 Å². The van der Waals surface area contributed by atoms with Gasteiger partial charge in [0.05, 0.1) is 39.0 Å². The third-order valence-electron chi connectivity index (χ3n) is 14.6. The number of nitrogens with zero attached hydrogens (tertiary/aromatic N) is 6. The molecule has 3 heterocycles. The first-order chi connectivity index (χ1) is 36.3. The van der Waals surface area contributed by atoms with Crippen molar-refractivity contribution in [1.82, 2.24) is 24.1 Å².